The Morgan fingerprint density at radius 2 is 1.90 bits per heavy atom. The van der Waals surface area contributed by atoms with Gasteiger partial charge in [0.1, 0.15) is 0 Å². The average Bonchev–Trinajstić information content (AvgIpc) is 2.51. The van der Waals surface area contributed by atoms with Crippen LogP contribution in [0.3, 0.4) is 0 Å². The van der Waals surface area contributed by atoms with Gasteiger partial charge >= 0.3 is 0 Å². The van der Waals surface area contributed by atoms with Gasteiger partial charge in [0.25, 0.3) is 0 Å². The summed E-state index contributed by atoms with van der Waals surface area (Å²) >= 11 is 0. The molecule has 0 saturated carbocycles. The van der Waals surface area contributed by atoms with Crippen LogP contribution in [0.4, 0.5) is 0 Å². The van der Waals surface area contributed by atoms with Crippen molar-refractivity contribution in [2.75, 3.05) is 19.6 Å². The molecule has 1 rings (SSSR count). The van der Waals surface area contributed by atoms with Gasteiger partial charge in [-0.25, -0.2) is 0 Å². The van der Waals surface area contributed by atoms with Gasteiger partial charge in [0.15, 0.2) is 6.19 Å². The number of rotatable bonds is 9. The summed E-state index contributed by atoms with van der Waals surface area (Å²) in [5.41, 5.74) is 6.72. The van der Waals surface area contributed by atoms with E-state index in [4.69, 9.17) is 11.0 Å². The summed E-state index contributed by atoms with van der Waals surface area (Å²) in [4.78, 5) is 4.38. The van der Waals surface area contributed by atoms with Crippen LogP contribution in [0, 0.1) is 11.5 Å². The second-order valence-corrected chi connectivity index (χ2v) is 4.83. The maximum Gasteiger partial charge on any atom is 0.204 e. The van der Waals surface area contributed by atoms with Gasteiger partial charge in [-0.3, -0.25) is 10.3 Å². The molecule has 0 amide bonds. The maximum absolute atomic E-state index is 8.73. The number of benzene rings is 1. The number of nitrogens with one attached hydrogen (secondary N) is 2. The fourth-order valence-corrected chi connectivity index (χ4v) is 1.96. The Labute approximate surface area is 127 Å². The third-order valence-electron chi connectivity index (χ3n) is 3.11. The predicted molar refractivity (Wildman–Crippen MR) is 86.7 cm³/mol. The van der Waals surface area contributed by atoms with Crippen LogP contribution < -0.4 is 16.4 Å². The van der Waals surface area contributed by atoms with Gasteiger partial charge in [-0.05, 0) is 31.4 Å². The summed E-state index contributed by atoms with van der Waals surface area (Å²) in [7, 11) is 0. The van der Waals surface area contributed by atoms with Gasteiger partial charge in [0.2, 0.25) is 5.96 Å². The molecule has 0 aliphatic carbocycles. The molecule has 0 aromatic heterocycles. The second kappa shape index (κ2) is 11.7. The molecule has 1 aromatic rings. The van der Waals surface area contributed by atoms with Crippen molar-refractivity contribution in [2.24, 2.45) is 10.7 Å². The molecule has 0 spiro atoms. The van der Waals surface area contributed by atoms with E-state index in [2.05, 4.69) is 27.8 Å². The van der Waals surface area contributed by atoms with Crippen molar-refractivity contribution in [1.29, 1.82) is 5.26 Å². The van der Waals surface area contributed by atoms with Crippen LogP contribution >= 0.6 is 0 Å². The highest BCUT2D eigenvalue weighted by Gasteiger charge is 1.97. The largest absolute Gasteiger partial charge is 0.355 e. The molecule has 1 aromatic carbocycles. The summed E-state index contributed by atoms with van der Waals surface area (Å²) < 4.78 is 0. The van der Waals surface area contributed by atoms with E-state index in [0.717, 1.165) is 51.7 Å². The number of unbranched alkanes of at least 4 members (excludes halogenated alkanes) is 3. The zero-order valence-corrected chi connectivity index (χ0v) is 12.5. The number of nitriles is 1. The van der Waals surface area contributed by atoms with E-state index in [-0.39, 0.29) is 0 Å². The van der Waals surface area contributed by atoms with Crippen molar-refractivity contribution in [3.05, 3.63) is 35.9 Å². The van der Waals surface area contributed by atoms with E-state index in [1.165, 1.54) is 5.56 Å². The summed E-state index contributed by atoms with van der Waals surface area (Å²) in [6.07, 6.45) is 7.20. The summed E-state index contributed by atoms with van der Waals surface area (Å²) in [5, 5.41) is 14.5. The lowest BCUT2D eigenvalue weighted by molar-refractivity contribution is 0.651. The molecular weight excluding hydrogens is 262 g/mol. The number of guanidine groups is 1. The SMILES string of the molecule is N#CNC(=NCCCCCCN)NCCc1ccccc1. The minimum absolute atomic E-state index is 0.562. The van der Waals surface area contributed by atoms with Crippen LogP contribution in [0.5, 0.6) is 0 Å². The molecule has 114 valence electrons. The van der Waals surface area contributed by atoms with Gasteiger partial charge in [0, 0.05) is 13.1 Å². The van der Waals surface area contributed by atoms with E-state index >= 15 is 0 Å². The van der Waals surface area contributed by atoms with Crippen molar-refractivity contribution in [3.8, 4) is 6.19 Å². The van der Waals surface area contributed by atoms with Gasteiger partial charge in [-0.15, -0.1) is 0 Å². The Morgan fingerprint density at radius 1 is 1.14 bits per heavy atom. The minimum Gasteiger partial charge on any atom is -0.355 e. The molecule has 4 N–H and O–H groups in total. The molecule has 0 aliphatic heterocycles. The molecule has 0 radical (unpaired) electrons. The number of aliphatic imine (C=N–C) groups is 1. The fraction of sp³-hybridized carbons (Fsp3) is 0.500. The Bertz CT molecular complexity index is 436. The fourth-order valence-electron chi connectivity index (χ4n) is 1.96. The first-order valence-electron chi connectivity index (χ1n) is 7.54. The average molecular weight is 287 g/mol. The standard InChI is InChI=1S/C16H25N5/c17-11-6-1-2-7-12-19-16(21-14-18)20-13-10-15-8-4-3-5-9-15/h3-5,8-9H,1-2,6-7,10-13,17H2,(H2,19,20,21). The van der Waals surface area contributed by atoms with E-state index in [1.807, 2.05) is 24.4 Å². The van der Waals surface area contributed by atoms with Gasteiger partial charge in [0.05, 0.1) is 0 Å². The summed E-state index contributed by atoms with van der Waals surface area (Å²) in [6, 6.07) is 10.2. The third-order valence-corrected chi connectivity index (χ3v) is 3.11. The zero-order valence-electron chi connectivity index (χ0n) is 12.5. The Hall–Kier alpha value is -2.06. The molecule has 0 saturated heterocycles. The van der Waals surface area contributed by atoms with Crippen LogP contribution in [-0.2, 0) is 6.42 Å². The van der Waals surface area contributed by atoms with E-state index in [0.29, 0.717) is 5.96 Å². The minimum atomic E-state index is 0.562. The van der Waals surface area contributed by atoms with Crippen molar-refractivity contribution in [1.82, 2.24) is 10.6 Å². The molecule has 5 heteroatoms. The lowest BCUT2D eigenvalue weighted by Gasteiger charge is -2.08. The molecule has 0 fully saturated rings. The Balaban J connectivity index is 2.24. The van der Waals surface area contributed by atoms with Crippen molar-refractivity contribution in [3.63, 3.8) is 0 Å². The lowest BCUT2D eigenvalue weighted by atomic mass is 10.1. The molecule has 0 bridgehead atoms. The molecule has 0 atom stereocenters. The predicted octanol–water partition coefficient (Wildman–Crippen LogP) is 1.76. The topological polar surface area (TPSA) is 86.2 Å². The normalized spacial score (nSPS) is 11.0. The summed E-state index contributed by atoms with van der Waals surface area (Å²) in [6.45, 7) is 2.24. The van der Waals surface area contributed by atoms with Crippen LogP contribution in [-0.4, -0.2) is 25.6 Å². The second-order valence-electron chi connectivity index (χ2n) is 4.83. The molecule has 21 heavy (non-hydrogen) atoms. The van der Waals surface area contributed by atoms with Crippen LogP contribution in [0.1, 0.15) is 31.2 Å². The van der Waals surface area contributed by atoms with Crippen molar-refractivity contribution in [2.45, 2.75) is 32.1 Å². The van der Waals surface area contributed by atoms with Gasteiger partial charge in [-0.2, -0.15) is 5.26 Å². The quantitative estimate of drug-likeness (QED) is 0.212. The van der Waals surface area contributed by atoms with Crippen LogP contribution in [0.15, 0.2) is 35.3 Å². The third kappa shape index (κ3) is 8.66. The Morgan fingerprint density at radius 3 is 2.62 bits per heavy atom. The monoisotopic (exact) mass is 287 g/mol. The maximum atomic E-state index is 8.73. The molecule has 0 aliphatic rings. The first-order valence-corrected chi connectivity index (χ1v) is 7.54. The lowest BCUT2D eigenvalue weighted by Crippen LogP contribution is -2.36. The van der Waals surface area contributed by atoms with Crippen molar-refractivity contribution >= 4 is 5.96 Å². The highest BCUT2D eigenvalue weighted by atomic mass is 15.2. The number of nitrogens with zero attached hydrogens (tertiary/aromatic N) is 2. The number of nitrogens with two attached hydrogens (primary N) is 1. The summed E-state index contributed by atoms with van der Waals surface area (Å²) in [5.74, 6) is 0.562. The van der Waals surface area contributed by atoms with Crippen LogP contribution in [0.25, 0.3) is 0 Å². The van der Waals surface area contributed by atoms with Crippen LogP contribution in [0.2, 0.25) is 0 Å². The highest BCUT2D eigenvalue weighted by Crippen LogP contribution is 1.99. The van der Waals surface area contributed by atoms with E-state index < -0.39 is 0 Å². The Kier molecular flexibility index (Phi) is 9.50. The highest BCUT2D eigenvalue weighted by molar-refractivity contribution is 5.81. The number of hydrogen-bond donors (Lipinski definition) is 3. The zero-order chi connectivity index (χ0) is 15.2. The molecule has 0 unspecified atom stereocenters. The first kappa shape index (κ1) is 17.0. The first-order chi connectivity index (χ1) is 10.4. The van der Waals surface area contributed by atoms with Crippen molar-refractivity contribution < 1.29 is 0 Å². The van der Waals surface area contributed by atoms with Gasteiger partial charge < -0.3 is 11.1 Å². The smallest absolute Gasteiger partial charge is 0.204 e. The van der Waals surface area contributed by atoms with Gasteiger partial charge in [-0.1, -0.05) is 43.2 Å². The van der Waals surface area contributed by atoms with E-state index in [9.17, 15) is 0 Å². The van der Waals surface area contributed by atoms with E-state index in [1.54, 1.807) is 0 Å². The molecular formula is C16H25N5. The molecule has 5 nitrogen and oxygen atoms in total. The number of hydrogen-bond acceptors (Lipinski definition) is 3. The molecule has 0 heterocycles.